The molecule has 0 radical (unpaired) electrons. The monoisotopic (exact) mass is 510 g/mol. The molecule has 0 aliphatic carbocycles. The Hall–Kier alpha value is -3.64. The van der Waals surface area contributed by atoms with Gasteiger partial charge >= 0.3 is 12.1 Å². The first-order valence-corrected chi connectivity index (χ1v) is 11.0. The number of hydrogen-bond acceptors (Lipinski definition) is 6. The molecule has 196 valence electrons. The van der Waals surface area contributed by atoms with E-state index in [9.17, 15) is 18.0 Å². The standard InChI is InChI=1S/C22H28N4O3.C2HF3O2/c1-4-29-12-11-26-20-10-7-17(16-5-8-18(28-3)9-6-16)13-19(20)25-21(26)14-24-15(2)22(23)27;3-2(4,5)1(6)7/h5-10,13,15,24H,4,11-12,14H2,1-3H3,(H2,23,27);(H,6,7)/t15-;/m0./s1. The predicted molar refractivity (Wildman–Crippen MR) is 127 cm³/mol. The zero-order chi connectivity index (χ0) is 26.9. The summed E-state index contributed by atoms with van der Waals surface area (Å²) in [5.41, 5.74) is 9.47. The second-order valence-corrected chi connectivity index (χ2v) is 7.62. The van der Waals surface area contributed by atoms with Crippen LogP contribution in [0.5, 0.6) is 5.75 Å². The first-order chi connectivity index (χ1) is 17.0. The molecule has 1 amide bonds. The number of nitrogens with one attached hydrogen (secondary N) is 1. The summed E-state index contributed by atoms with van der Waals surface area (Å²) < 4.78 is 44.6. The number of aromatic nitrogens is 2. The van der Waals surface area contributed by atoms with Crippen molar-refractivity contribution in [3.63, 3.8) is 0 Å². The third-order valence-electron chi connectivity index (χ3n) is 5.15. The lowest BCUT2D eigenvalue weighted by Crippen LogP contribution is -2.38. The Morgan fingerprint density at radius 2 is 1.78 bits per heavy atom. The maximum absolute atomic E-state index is 11.3. The Balaban J connectivity index is 0.000000572. The number of nitrogens with two attached hydrogens (primary N) is 1. The van der Waals surface area contributed by atoms with Gasteiger partial charge in [0, 0.05) is 13.2 Å². The van der Waals surface area contributed by atoms with E-state index in [0.29, 0.717) is 26.3 Å². The minimum absolute atomic E-state index is 0.385. The predicted octanol–water partition coefficient (Wildman–Crippen LogP) is 3.35. The van der Waals surface area contributed by atoms with Crippen molar-refractivity contribution in [2.75, 3.05) is 20.3 Å². The average Bonchev–Trinajstić information content (AvgIpc) is 3.19. The molecule has 0 bridgehead atoms. The summed E-state index contributed by atoms with van der Waals surface area (Å²) in [6.07, 6.45) is -5.08. The van der Waals surface area contributed by atoms with Crippen LogP contribution in [0.2, 0.25) is 0 Å². The van der Waals surface area contributed by atoms with Gasteiger partial charge in [-0.2, -0.15) is 13.2 Å². The second-order valence-electron chi connectivity index (χ2n) is 7.62. The highest BCUT2D eigenvalue weighted by atomic mass is 19.4. The first kappa shape index (κ1) is 28.6. The molecule has 0 fully saturated rings. The molecule has 0 saturated heterocycles. The molecule has 9 nitrogen and oxygen atoms in total. The normalized spacial score (nSPS) is 12.1. The van der Waals surface area contributed by atoms with E-state index in [4.69, 9.17) is 30.1 Å². The fourth-order valence-corrected chi connectivity index (χ4v) is 3.17. The molecule has 4 N–H and O–H groups in total. The van der Waals surface area contributed by atoms with E-state index in [1.54, 1.807) is 14.0 Å². The molecule has 0 aliphatic heterocycles. The van der Waals surface area contributed by atoms with Crippen LogP contribution in [-0.2, 0) is 27.4 Å². The van der Waals surface area contributed by atoms with Crippen LogP contribution in [-0.4, -0.2) is 59.1 Å². The number of carbonyl (C=O) groups is 2. The lowest BCUT2D eigenvalue weighted by Gasteiger charge is -2.12. The first-order valence-electron chi connectivity index (χ1n) is 11.0. The van der Waals surface area contributed by atoms with Gasteiger partial charge in [-0.15, -0.1) is 0 Å². The Kier molecular flexibility index (Phi) is 10.2. The minimum Gasteiger partial charge on any atom is -0.497 e. The van der Waals surface area contributed by atoms with Crippen molar-refractivity contribution >= 4 is 22.9 Å². The molecule has 12 heteroatoms. The number of imidazole rings is 1. The number of nitrogens with zero attached hydrogens (tertiary/aromatic N) is 2. The lowest BCUT2D eigenvalue weighted by molar-refractivity contribution is -0.192. The zero-order valence-electron chi connectivity index (χ0n) is 20.1. The van der Waals surface area contributed by atoms with Crippen LogP contribution in [0.4, 0.5) is 13.2 Å². The highest BCUT2D eigenvalue weighted by Crippen LogP contribution is 2.27. The number of fused-ring (bicyclic) bond motifs is 1. The van der Waals surface area contributed by atoms with Gasteiger partial charge in [0.25, 0.3) is 0 Å². The van der Waals surface area contributed by atoms with Gasteiger partial charge in [0.1, 0.15) is 11.6 Å². The Morgan fingerprint density at radius 3 is 2.31 bits per heavy atom. The highest BCUT2D eigenvalue weighted by Gasteiger charge is 2.38. The van der Waals surface area contributed by atoms with Crippen LogP contribution in [0.15, 0.2) is 42.5 Å². The van der Waals surface area contributed by atoms with E-state index in [1.165, 1.54) is 0 Å². The molecule has 1 aromatic heterocycles. The van der Waals surface area contributed by atoms with E-state index >= 15 is 0 Å². The zero-order valence-corrected chi connectivity index (χ0v) is 20.1. The van der Waals surface area contributed by atoms with Gasteiger partial charge in [-0.05, 0) is 49.2 Å². The molecular formula is C24H29F3N4O5. The molecule has 2 aromatic carbocycles. The van der Waals surface area contributed by atoms with Crippen LogP contribution in [0, 0.1) is 0 Å². The second kappa shape index (κ2) is 12.9. The topological polar surface area (TPSA) is 129 Å². The number of carbonyl (C=O) groups excluding carboxylic acids is 1. The van der Waals surface area contributed by atoms with E-state index in [0.717, 1.165) is 33.7 Å². The summed E-state index contributed by atoms with van der Waals surface area (Å²) in [7, 11) is 1.66. The van der Waals surface area contributed by atoms with E-state index < -0.39 is 18.2 Å². The Labute approximate surface area is 206 Å². The molecule has 3 rings (SSSR count). The summed E-state index contributed by atoms with van der Waals surface area (Å²) in [5, 5.41) is 10.3. The number of carboxylic acid groups (broad SMARTS) is 1. The van der Waals surface area contributed by atoms with Crippen LogP contribution in [0.1, 0.15) is 19.7 Å². The smallest absolute Gasteiger partial charge is 0.490 e. The number of rotatable bonds is 10. The summed E-state index contributed by atoms with van der Waals surface area (Å²) in [6, 6.07) is 13.8. The molecule has 0 spiro atoms. The maximum atomic E-state index is 11.3. The van der Waals surface area contributed by atoms with Crippen LogP contribution < -0.4 is 15.8 Å². The molecule has 3 aromatic rings. The summed E-state index contributed by atoms with van der Waals surface area (Å²) in [4.78, 5) is 25.0. The largest absolute Gasteiger partial charge is 0.497 e. The molecular weight excluding hydrogens is 481 g/mol. The lowest BCUT2D eigenvalue weighted by atomic mass is 10.1. The fourth-order valence-electron chi connectivity index (χ4n) is 3.17. The summed E-state index contributed by atoms with van der Waals surface area (Å²) in [6.45, 7) is 6.12. The van der Waals surface area contributed by atoms with Crippen molar-refractivity contribution in [3.8, 4) is 16.9 Å². The van der Waals surface area contributed by atoms with Gasteiger partial charge in [0.2, 0.25) is 5.91 Å². The Morgan fingerprint density at radius 1 is 1.17 bits per heavy atom. The number of primary amides is 1. The van der Waals surface area contributed by atoms with E-state index in [1.807, 2.05) is 31.2 Å². The molecule has 36 heavy (non-hydrogen) atoms. The van der Waals surface area contributed by atoms with Crippen LogP contribution in [0.25, 0.3) is 22.2 Å². The van der Waals surface area contributed by atoms with E-state index in [2.05, 4.69) is 28.1 Å². The summed E-state index contributed by atoms with van der Waals surface area (Å²) in [5.74, 6) is -1.47. The van der Waals surface area contributed by atoms with Crippen molar-refractivity contribution in [2.45, 2.75) is 39.2 Å². The quantitative estimate of drug-likeness (QED) is 0.357. The van der Waals surface area contributed by atoms with Crippen LogP contribution in [0.3, 0.4) is 0 Å². The van der Waals surface area contributed by atoms with Gasteiger partial charge in [0.05, 0.1) is 37.3 Å². The molecule has 1 heterocycles. The number of carboxylic acids is 1. The van der Waals surface area contributed by atoms with Crippen molar-refractivity contribution in [2.24, 2.45) is 5.73 Å². The van der Waals surface area contributed by atoms with Gasteiger partial charge < -0.3 is 24.9 Å². The number of hydrogen-bond donors (Lipinski definition) is 3. The number of ether oxygens (including phenoxy) is 2. The molecule has 1 atom stereocenters. The van der Waals surface area contributed by atoms with Crippen molar-refractivity contribution < 1.29 is 37.3 Å². The third-order valence-corrected chi connectivity index (χ3v) is 5.15. The third kappa shape index (κ3) is 7.95. The number of alkyl halides is 3. The minimum atomic E-state index is -5.08. The van der Waals surface area contributed by atoms with Crippen molar-refractivity contribution in [1.82, 2.24) is 14.9 Å². The van der Waals surface area contributed by atoms with Gasteiger partial charge in [-0.1, -0.05) is 18.2 Å². The highest BCUT2D eigenvalue weighted by molar-refractivity contribution is 5.83. The SMILES string of the molecule is CCOCCn1c(CN[C@@H](C)C(N)=O)nc2cc(-c3ccc(OC)cc3)ccc21.O=C(O)C(F)(F)F. The van der Waals surface area contributed by atoms with Gasteiger partial charge in [0.15, 0.2) is 0 Å². The fraction of sp³-hybridized carbons (Fsp3) is 0.375. The van der Waals surface area contributed by atoms with Gasteiger partial charge in [-0.3, -0.25) is 10.1 Å². The van der Waals surface area contributed by atoms with Crippen LogP contribution >= 0.6 is 0 Å². The van der Waals surface area contributed by atoms with Crippen molar-refractivity contribution in [3.05, 3.63) is 48.3 Å². The van der Waals surface area contributed by atoms with E-state index in [-0.39, 0.29) is 5.91 Å². The maximum Gasteiger partial charge on any atom is 0.490 e. The van der Waals surface area contributed by atoms with Gasteiger partial charge in [-0.25, -0.2) is 9.78 Å². The number of benzene rings is 2. The number of aliphatic carboxylic acids is 1. The molecule has 0 saturated carbocycles. The molecule has 0 unspecified atom stereocenters. The van der Waals surface area contributed by atoms with Crippen molar-refractivity contribution in [1.29, 1.82) is 0 Å². The number of halogens is 3. The average molecular weight is 511 g/mol. The summed E-state index contributed by atoms with van der Waals surface area (Å²) >= 11 is 0. The number of amides is 1. The Bertz CT molecular complexity index is 1160. The molecule has 0 aliphatic rings. The number of methoxy groups -OCH3 is 1.